The molecule has 1 heterocycles. The number of hydrogen-bond acceptors (Lipinski definition) is 6. The van der Waals surface area contributed by atoms with Gasteiger partial charge in [0.25, 0.3) is 10.0 Å². The standard InChI is InChI=1S/C23H18N2O4S2/c26-23(29-15-20-16-30-22(24-20)17-7-3-1-4-8-17)18-11-13-21(14-12-18)31(27,28)25-19-9-5-2-6-10-19/h1-14,16,25H,15H2. The van der Waals surface area contributed by atoms with E-state index in [0.29, 0.717) is 11.4 Å². The molecule has 0 atom stereocenters. The molecule has 0 aliphatic heterocycles. The Kier molecular flexibility index (Phi) is 6.11. The number of rotatable bonds is 7. The highest BCUT2D eigenvalue weighted by Crippen LogP contribution is 2.24. The fraction of sp³-hybridized carbons (Fsp3) is 0.0435. The Hall–Kier alpha value is -3.49. The number of hydrogen-bond donors (Lipinski definition) is 1. The highest BCUT2D eigenvalue weighted by Gasteiger charge is 2.16. The third-order valence-electron chi connectivity index (χ3n) is 4.35. The number of ether oxygens (including phenoxy) is 1. The number of aromatic nitrogens is 1. The average molecular weight is 451 g/mol. The van der Waals surface area contributed by atoms with Crippen LogP contribution in [0.3, 0.4) is 0 Å². The Balaban J connectivity index is 1.38. The normalized spacial score (nSPS) is 11.1. The zero-order valence-electron chi connectivity index (χ0n) is 16.3. The fourth-order valence-electron chi connectivity index (χ4n) is 2.80. The lowest BCUT2D eigenvalue weighted by atomic mass is 10.2. The lowest BCUT2D eigenvalue weighted by molar-refractivity contribution is 0.0468. The predicted molar refractivity (Wildman–Crippen MR) is 120 cm³/mol. The minimum Gasteiger partial charge on any atom is -0.456 e. The van der Waals surface area contributed by atoms with Gasteiger partial charge in [0.15, 0.2) is 0 Å². The van der Waals surface area contributed by atoms with Crippen molar-refractivity contribution in [3.63, 3.8) is 0 Å². The molecule has 0 aliphatic rings. The molecule has 0 aliphatic carbocycles. The van der Waals surface area contributed by atoms with Crippen molar-refractivity contribution < 1.29 is 17.9 Å². The number of esters is 1. The van der Waals surface area contributed by atoms with Gasteiger partial charge in [-0.2, -0.15) is 0 Å². The van der Waals surface area contributed by atoms with Crippen LogP contribution in [0.1, 0.15) is 16.1 Å². The first-order valence-electron chi connectivity index (χ1n) is 9.36. The van der Waals surface area contributed by atoms with Crippen LogP contribution in [0.4, 0.5) is 5.69 Å². The first kappa shape index (κ1) is 20.8. The monoisotopic (exact) mass is 450 g/mol. The number of thiazole rings is 1. The highest BCUT2D eigenvalue weighted by molar-refractivity contribution is 7.92. The van der Waals surface area contributed by atoms with Crippen LogP contribution in [-0.2, 0) is 21.4 Å². The summed E-state index contributed by atoms with van der Waals surface area (Å²) in [5.41, 5.74) is 2.38. The lowest BCUT2D eigenvalue weighted by Crippen LogP contribution is -2.13. The van der Waals surface area contributed by atoms with Gasteiger partial charge in [-0.05, 0) is 36.4 Å². The third-order valence-corrected chi connectivity index (χ3v) is 6.69. The van der Waals surface area contributed by atoms with Crippen molar-refractivity contribution in [2.24, 2.45) is 0 Å². The largest absolute Gasteiger partial charge is 0.456 e. The molecular formula is C23H18N2O4S2. The van der Waals surface area contributed by atoms with Gasteiger partial charge in [0.1, 0.15) is 11.6 Å². The van der Waals surface area contributed by atoms with Crippen molar-refractivity contribution in [1.29, 1.82) is 0 Å². The minimum absolute atomic E-state index is 0.0395. The van der Waals surface area contributed by atoms with E-state index in [1.165, 1.54) is 35.6 Å². The van der Waals surface area contributed by atoms with Gasteiger partial charge in [-0.15, -0.1) is 11.3 Å². The summed E-state index contributed by atoms with van der Waals surface area (Å²) in [5.74, 6) is -0.547. The zero-order chi connectivity index (χ0) is 21.7. The van der Waals surface area contributed by atoms with Crippen LogP contribution in [0, 0.1) is 0 Å². The number of nitrogens with zero attached hydrogens (tertiary/aromatic N) is 1. The van der Waals surface area contributed by atoms with Crippen LogP contribution >= 0.6 is 11.3 Å². The van der Waals surface area contributed by atoms with E-state index in [0.717, 1.165) is 10.6 Å². The Morgan fingerprint density at radius 1 is 0.903 bits per heavy atom. The van der Waals surface area contributed by atoms with Gasteiger partial charge in [0.05, 0.1) is 16.2 Å². The smallest absolute Gasteiger partial charge is 0.338 e. The highest BCUT2D eigenvalue weighted by atomic mass is 32.2. The Morgan fingerprint density at radius 3 is 2.23 bits per heavy atom. The molecule has 0 amide bonds. The Labute approximate surface area is 184 Å². The number of carbonyl (C=O) groups is 1. The molecule has 3 aromatic carbocycles. The van der Waals surface area contributed by atoms with Crippen molar-refractivity contribution in [2.75, 3.05) is 4.72 Å². The molecule has 0 radical (unpaired) electrons. The van der Waals surface area contributed by atoms with E-state index < -0.39 is 16.0 Å². The molecule has 0 bridgehead atoms. The van der Waals surface area contributed by atoms with Crippen molar-refractivity contribution in [3.8, 4) is 10.6 Å². The van der Waals surface area contributed by atoms with E-state index >= 15 is 0 Å². The maximum Gasteiger partial charge on any atom is 0.338 e. The SMILES string of the molecule is O=C(OCc1csc(-c2ccccc2)n1)c1ccc(S(=O)(=O)Nc2ccccc2)cc1. The van der Waals surface area contributed by atoms with Gasteiger partial charge in [0, 0.05) is 16.6 Å². The molecule has 0 saturated carbocycles. The van der Waals surface area contributed by atoms with E-state index in [1.54, 1.807) is 30.3 Å². The molecule has 1 N–H and O–H groups in total. The van der Waals surface area contributed by atoms with Crippen molar-refractivity contribution in [2.45, 2.75) is 11.5 Å². The molecular weight excluding hydrogens is 432 g/mol. The molecule has 1 aromatic heterocycles. The summed E-state index contributed by atoms with van der Waals surface area (Å²) < 4.78 is 32.8. The molecule has 4 rings (SSSR count). The van der Waals surface area contributed by atoms with Crippen LogP contribution in [-0.4, -0.2) is 19.4 Å². The summed E-state index contributed by atoms with van der Waals surface area (Å²) in [7, 11) is -3.75. The second-order valence-corrected chi connectivity index (χ2v) is 9.12. The van der Waals surface area contributed by atoms with Crippen LogP contribution < -0.4 is 4.72 Å². The molecule has 156 valence electrons. The molecule has 31 heavy (non-hydrogen) atoms. The van der Waals surface area contributed by atoms with Crippen molar-refractivity contribution in [1.82, 2.24) is 4.98 Å². The van der Waals surface area contributed by atoms with E-state index in [-0.39, 0.29) is 17.1 Å². The zero-order valence-corrected chi connectivity index (χ0v) is 17.9. The molecule has 0 unspecified atom stereocenters. The number of para-hydroxylation sites is 1. The number of anilines is 1. The lowest BCUT2D eigenvalue weighted by Gasteiger charge is -2.08. The van der Waals surface area contributed by atoms with Gasteiger partial charge in [-0.1, -0.05) is 48.5 Å². The summed E-state index contributed by atoms with van der Waals surface area (Å²) in [6, 6.07) is 24.0. The molecule has 0 fully saturated rings. The van der Waals surface area contributed by atoms with E-state index in [2.05, 4.69) is 9.71 Å². The Morgan fingerprint density at radius 2 is 1.55 bits per heavy atom. The summed E-state index contributed by atoms with van der Waals surface area (Å²) in [5, 5.41) is 2.70. The van der Waals surface area contributed by atoms with E-state index in [9.17, 15) is 13.2 Å². The quantitative estimate of drug-likeness (QED) is 0.402. The first-order chi connectivity index (χ1) is 15.0. The molecule has 8 heteroatoms. The second-order valence-electron chi connectivity index (χ2n) is 6.58. The van der Waals surface area contributed by atoms with Gasteiger partial charge in [-0.25, -0.2) is 18.2 Å². The third kappa shape index (κ3) is 5.17. The van der Waals surface area contributed by atoms with E-state index in [4.69, 9.17) is 4.74 Å². The summed E-state index contributed by atoms with van der Waals surface area (Å²) in [6.07, 6.45) is 0. The van der Waals surface area contributed by atoms with Gasteiger partial charge >= 0.3 is 5.97 Å². The van der Waals surface area contributed by atoms with Gasteiger partial charge in [-0.3, -0.25) is 4.72 Å². The van der Waals surface area contributed by atoms with Crippen molar-refractivity contribution in [3.05, 3.63) is 102 Å². The van der Waals surface area contributed by atoms with E-state index in [1.807, 2.05) is 35.7 Å². The summed E-state index contributed by atoms with van der Waals surface area (Å²) >= 11 is 1.48. The fourth-order valence-corrected chi connectivity index (χ4v) is 4.67. The molecule has 4 aromatic rings. The van der Waals surface area contributed by atoms with Crippen LogP contribution in [0.2, 0.25) is 0 Å². The second kappa shape index (κ2) is 9.11. The molecule has 6 nitrogen and oxygen atoms in total. The first-order valence-corrected chi connectivity index (χ1v) is 11.7. The minimum atomic E-state index is -3.75. The maximum absolute atomic E-state index is 12.5. The Bertz CT molecular complexity index is 1270. The van der Waals surface area contributed by atoms with Gasteiger partial charge in [0.2, 0.25) is 0 Å². The average Bonchev–Trinajstić information content (AvgIpc) is 3.28. The number of carbonyl (C=O) groups excluding carboxylic acids is 1. The number of benzene rings is 3. The maximum atomic E-state index is 12.5. The van der Waals surface area contributed by atoms with Crippen molar-refractivity contribution >= 4 is 33.0 Å². The van der Waals surface area contributed by atoms with Gasteiger partial charge < -0.3 is 4.74 Å². The van der Waals surface area contributed by atoms with Crippen LogP contribution in [0.5, 0.6) is 0 Å². The summed E-state index contributed by atoms with van der Waals surface area (Å²) in [6.45, 7) is 0.0395. The topological polar surface area (TPSA) is 85.4 Å². The molecule has 0 saturated heterocycles. The number of nitrogens with one attached hydrogen (secondary N) is 1. The van der Waals surface area contributed by atoms with Crippen LogP contribution in [0.15, 0.2) is 95.2 Å². The predicted octanol–water partition coefficient (Wildman–Crippen LogP) is 4.97. The number of sulfonamides is 1. The molecule has 0 spiro atoms. The summed E-state index contributed by atoms with van der Waals surface area (Å²) in [4.78, 5) is 16.9. The van der Waals surface area contributed by atoms with Crippen LogP contribution in [0.25, 0.3) is 10.6 Å².